The molecule has 72 valence electrons. The van der Waals surface area contributed by atoms with Gasteiger partial charge < -0.3 is 19.3 Å². The molecular weight excluding hydrogens is 164 g/mol. The highest BCUT2D eigenvalue weighted by molar-refractivity contribution is 5.70. The maximum absolute atomic E-state index is 10.6. The molecule has 0 aliphatic heterocycles. The van der Waals surface area contributed by atoms with Gasteiger partial charge in [-0.3, -0.25) is 0 Å². The van der Waals surface area contributed by atoms with Crippen LogP contribution in [0.1, 0.15) is 0 Å². The average molecular weight is 178 g/mol. The van der Waals surface area contributed by atoms with Crippen LogP contribution in [0, 0.1) is 0 Å². The van der Waals surface area contributed by atoms with Crippen LogP contribution in [0.4, 0.5) is 0 Å². The van der Waals surface area contributed by atoms with Gasteiger partial charge in [0, 0.05) is 7.11 Å². The Morgan fingerprint density at radius 2 is 2.08 bits per heavy atom. The first kappa shape index (κ1) is 11.4. The summed E-state index contributed by atoms with van der Waals surface area (Å²) in [5.74, 6) is -0.412. The second-order valence-electron chi connectivity index (χ2n) is 1.99. The number of rotatable bonds is 7. The van der Waals surface area contributed by atoms with Gasteiger partial charge in [-0.1, -0.05) is 0 Å². The third-order valence-electron chi connectivity index (χ3n) is 0.989. The quantitative estimate of drug-likeness (QED) is 0.408. The molecule has 0 amide bonds. The Morgan fingerprint density at radius 1 is 1.33 bits per heavy atom. The Morgan fingerprint density at radius 3 is 2.67 bits per heavy atom. The molecule has 0 fully saturated rings. The monoisotopic (exact) mass is 178 g/mol. The molecule has 5 heteroatoms. The van der Waals surface area contributed by atoms with Gasteiger partial charge >= 0.3 is 5.97 Å². The fourth-order valence-electron chi connectivity index (χ4n) is 0.541. The van der Waals surface area contributed by atoms with E-state index in [1.807, 2.05) is 0 Å². The van der Waals surface area contributed by atoms with Crippen molar-refractivity contribution >= 4 is 5.97 Å². The summed E-state index contributed by atoms with van der Waals surface area (Å²) in [6.45, 7) is 0.700. The topological polar surface area (TPSA) is 65.0 Å². The van der Waals surface area contributed by atoms with E-state index in [2.05, 4.69) is 9.47 Å². The number of aliphatic hydroxyl groups is 1. The van der Waals surface area contributed by atoms with Crippen LogP contribution in [-0.2, 0) is 19.0 Å². The fraction of sp³-hybridized carbons (Fsp3) is 0.857. The maximum atomic E-state index is 10.6. The first-order valence-corrected chi connectivity index (χ1v) is 3.64. The van der Waals surface area contributed by atoms with E-state index in [0.29, 0.717) is 6.61 Å². The third-order valence-corrected chi connectivity index (χ3v) is 0.989. The SMILES string of the molecule is COCC(=O)OCCOCCO. The van der Waals surface area contributed by atoms with E-state index in [9.17, 15) is 4.79 Å². The molecule has 0 unspecified atom stereocenters. The summed E-state index contributed by atoms with van der Waals surface area (Å²) in [7, 11) is 1.42. The Balaban J connectivity index is 3.03. The molecule has 0 aliphatic carbocycles. The van der Waals surface area contributed by atoms with E-state index in [1.165, 1.54) is 7.11 Å². The molecular formula is C7H14O5. The highest BCUT2D eigenvalue weighted by Crippen LogP contribution is 1.81. The number of methoxy groups -OCH3 is 1. The molecule has 0 atom stereocenters. The van der Waals surface area contributed by atoms with E-state index in [4.69, 9.17) is 9.84 Å². The van der Waals surface area contributed by atoms with E-state index in [-0.39, 0.29) is 26.4 Å². The fourth-order valence-corrected chi connectivity index (χ4v) is 0.541. The summed E-state index contributed by atoms with van der Waals surface area (Å²) in [4.78, 5) is 10.6. The van der Waals surface area contributed by atoms with Crippen molar-refractivity contribution in [2.45, 2.75) is 0 Å². The number of esters is 1. The molecule has 12 heavy (non-hydrogen) atoms. The zero-order valence-electron chi connectivity index (χ0n) is 7.12. The predicted octanol–water partition coefficient (Wildman–Crippen LogP) is -0.815. The summed E-state index contributed by atoms with van der Waals surface area (Å²) in [5, 5.41) is 8.31. The zero-order valence-corrected chi connectivity index (χ0v) is 7.12. The minimum Gasteiger partial charge on any atom is -0.462 e. The second kappa shape index (κ2) is 8.45. The van der Waals surface area contributed by atoms with E-state index in [1.54, 1.807) is 0 Å². The molecule has 0 aromatic rings. The van der Waals surface area contributed by atoms with Crippen molar-refractivity contribution in [3.63, 3.8) is 0 Å². The standard InChI is InChI=1S/C7H14O5/c1-10-6-7(9)12-5-4-11-3-2-8/h8H,2-6H2,1H3. The molecule has 1 N–H and O–H groups in total. The van der Waals surface area contributed by atoms with Crippen molar-refractivity contribution in [1.29, 1.82) is 0 Å². The third kappa shape index (κ3) is 7.46. The molecule has 0 rings (SSSR count). The first-order chi connectivity index (χ1) is 5.81. The number of carbonyl (C=O) groups is 1. The van der Waals surface area contributed by atoms with Gasteiger partial charge in [-0.05, 0) is 0 Å². The van der Waals surface area contributed by atoms with Crippen molar-refractivity contribution in [2.24, 2.45) is 0 Å². The largest absolute Gasteiger partial charge is 0.462 e. The highest BCUT2D eigenvalue weighted by atomic mass is 16.6. The van der Waals surface area contributed by atoms with Crippen LogP contribution in [0.2, 0.25) is 0 Å². The number of carbonyl (C=O) groups excluding carboxylic acids is 1. The number of hydrogen-bond acceptors (Lipinski definition) is 5. The molecule has 0 heterocycles. The lowest BCUT2D eigenvalue weighted by Crippen LogP contribution is -2.15. The summed E-state index contributed by atoms with van der Waals surface area (Å²) in [6.07, 6.45) is 0. The van der Waals surface area contributed by atoms with Crippen LogP contribution in [0.5, 0.6) is 0 Å². The predicted molar refractivity (Wildman–Crippen MR) is 40.7 cm³/mol. The summed E-state index contributed by atoms with van der Waals surface area (Å²) in [5.41, 5.74) is 0. The van der Waals surface area contributed by atoms with Gasteiger partial charge in [-0.2, -0.15) is 0 Å². The molecule has 0 aromatic heterocycles. The molecule has 0 bridgehead atoms. The van der Waals surface area contributed by atoms with Crippen molar-refractivity contribution in [3.05, 3.63) is 0 Å². The van der Waals surface area contributed by atoms with Crippen molar-refractivity contribution < 1.29 is 24.1 Å². The minimum absolute atomic E-state index is 0.0218. The molecule has 0 saturated heterocycles. The molecule has 0 aliphatic rings. The molecule has 5 nitrogen and oxygen atoms in total. The van der Waals surface area contributed by atoms with Crippen LogP contribution in [0.25, 0.3) is 0 Å². The van der Waals surface area contributed by atoms with Gasteiger partial charge in [0.25, 0.3) is 0 Å². The van der Waals surface area contributed by atoms with Crippen molar-refractivity contribution in [1.82, 2.24) is 0 Å². The Hall–Kier alpha value is -0.650. The van der Waals surface area contributed by atoms with E-state index in [0.717, 1.165) is 0 Å². The number of ether oxygens (including phenoxy) is 3. The van der Waals surface area contributed by atoms with Gasteiger partial charge in [0.2, 0.25) is 0 Å². The lowest BCUT2D eigenvalue weighted by atomic mass is 10.7. The molecule has 0 saturated carbocycles. The summed E-state index contributed by atoms with van der Waals surface area (Å²) >= 11 is 0. The Labute approximate surface area is 71.2 Å². The smallest absolute Gasteiger partial charge is 0.332 e. The van der Waals surface area contributed by atoms with Gasteiger partial charge in [-0.15, -0.1) is 0 Å². The van der Waals surface area contributed by atoms with Crippen LogP contribution in [-0.4, -0.2) is 51.2 Å². The molecule has 0 spiro atoms. The lowest BCUT2D eigenvalue weighted by Gasteiger charge is -2.03. The van der Waals surface area contributed by atoms with E-state index >= 15 is 0 Å². The minimum atomic E-state index is -0.412. The van der Waals surface area contributed by atoms with Crippen LogP contribution in [0.15, 0.2) is 0 Å². The van der Waals surface area contributed by atoms with Gasteiger partial charge in [0.15, 0.2) is 0 Å². The van der Waals surface area contributed by atoms with Crippen molar-refractivity contribution in [3.8, 4) is 0 Å². The second-order valence-corrected chi connectivity index (χ2v) is 1.99. The average Bonchev–Trinajstić information content (AvgIpc) is 2.05. The van der Waals surface area contributed by atoms with Gasteiger partial charge in [-0.25, -0.2) is 4.79 Å². The van der Waals surface area contributed by atoms with Crippen LogP contribution < -0.4 is 0 Å². The Kier molecular flexibility index (Phi) is 7.99. The highest BCUT2D eigenvalue weighted by Gasteiger charge is 1.99. The summed E-state index contributed by atoms with van der Waals surface area (Å²) < 4.78 is 14.0. The molecule has 0 aromatic carbocycles. The van der Waals surface area contributed by atoms with Crippen LogP contribution in [0.3, 0.4) is 0 Å². The normalized spacial score (nSPS) is 9.83. The van der Waals surface area contributed by atoms with E-state index < -0.39 is 5.97 Å². The number of hydrogen-bond donors (Lipinski definition) is 1. The zero-order chi connectivity index (χ0) is 9.23. The maximum Gasteiger partial charge on any atom is 0.332 e. The molecule has 0 radical (unpaired) electrons. The van der Waals surface area contributed by atoms with Gasteiger partial charge in [0.05, 0.1) is 19.8 Å². The van der Waals surface area contributed by atoms with Crippen LogP contribution >= 0.6 is 0 Å². The van der Waals surface area contributed by atoms with Gasteiger partial charge in [0.1, 0.15) is 13.2 Å². The first-order valence-electron chi connectivity index (χ1n) is 3.64. The van der Waals surface area contributed by atoms with Crippen molar-refractivity contribution in [2.75, 3.05) is 40.1 Å². The summed E-state index contributed by atoms with van der Waals surface area (Å²) in [6, 6.07) is 0. The Bertz CT molecular complexity index is 114. The number of aliphatic hydroxyl groups excluding tert-OH is 1. The lowest BCUT2D eigenvalue weighted by molar-refractivity contribution is -0.149.